The monoisotopic (exact) mass is 282 g/mol. The molecule has 0 saturated carbocycles. The fraction of sp³-hybridized carbons (Fsp3) is 0.278. The molecule has 0 unspecified atom stereocenters. The molecule has 0 aromatic heterocycles. The molecule has 3 nitrogen and oxygen atoms in total. The minimum absolute atomic E-state index is 0.167. The molecule has 0 aliphatic heterocycles. The molecule has 2 aromatic carbocycles. The molecule has 2 aromatic rings. The van der Waals surface area contributed by atoms with Crippen LogP contribution >= 0.6 is 0 Å². The van der Waals surface area contributed by atoms with Crippen molar-refractivity contribution in [1.82, 2.24) is 5.32 Å². The zero-order chi connectivity index (χ0) is 14.9. The molecule has 0 spiro atoms. The van der Waals surface area contributed by atoms with Gasteiger partial charge in [0.05, 0.1) is 6.54 Å². The molecular formula is C18H22N2O. The number of carbonyl (C=O) groups excluding carboxylic acids is 1. The van der Waals surface area contributed by atoms with E-state index in [4.69, 9.17) is 0 Å². The molecule has 2 rings (SSSR count). The summed E-state index contributed by atoms with van der Waals surface area (Å²) in [7, 11) is 1.91. The Hall–Kier alpha value is -2.13. The van der Waals surface area contributed by atoms with Gasteiger partial charge in [-0.05, 0) is 37.7 Å². The van der Waals surface area contributed by atoms with E-state index in [2.05, 4.69) is 17.4 Å². The predicted molar refractivity (Wildman–Crippen MR) is 87.2 cm³/mol. The molecule has 0 heterocycles. The van der Waals surface area contributed by atoms with Crippen LogP contribution in [0.2, 0.25) is 0 Å². The van der Waals surface area contributed by atoms with Gasteiger partial charge in [-0.25, -0.2) is 0 Å². The van der Waals surface area contributed by atoms with Gasteiger partial charge >= 0.3 is 0 Å². The first kappa shape index (κ1) is 15.3. The summed E-state index contributed by atoms with van der Waals surface area (Å²) < 4.78 is 0. The van der Waals surface area contributed by atoms with Crippen LogP contribution < -0.4 is 10.2 Å². The SMILES string of the molecule is CNCCCC(=O)N(Cc1ccccc1)c1ccccc1. The summed E-state index contributed by atoms with van der Waals surface area (Å²) in [5, 5.41) is 3.08. The largest absolute Gasteiger partial charge is 0.320 e. The highest BCUT2D eigenvalue weighted by molar-refractivity contribution is 5.93. The van der Waals surface area contributed by atoms with E-state index in [9.17, 15) is 4.79 Å². The molecule has 0 saturated heterocycles. The van der Waals surface area contributed by atoms with Gasteiger partial charge in [-0.3, -0.25) is 4.79 Å². The summed E-state index contributed by atoms with van der Waals surface area (Å²) in [6, 6.07) is 20.0. The molecule has 1 amide bonds. The van der Waals surface area contributed by atoms with Gasteiger partial charge in [0.15, 0.2) is 0 Å². The van der Waals surface area contributed by atoms with E-state index < -0.39 is 0 Å². The zero-order valence-electron chi connectivity index (χ0n) is 12.5. The summed E-state index contributed by atoms with van der Waals surface area (Å²) in [4.78, 5) is 14.4. The Balaban J connectivity index is 2.12. The van der Waals surface area contributed by atoms with Crippen LogP contribution in [0.5, 0.6) is 0 Å². The van der Waals surface area contributed by atoms with E-state index in [0.717, 1.165) is 24.2 Å². The van der Waals surface area contributed by atoms with E-state index in [1.807, 2.05) is 60.5 Å². The number of para-hydroxylation sites is 1. The summed E-state index contributed by atoms with van der Waals surface area (Å²) >= 11 is 0. The first-order chi connectivity index (χ1) is 10.3. The van der Waals surface area contributed by atoms with Crippen molar-refractivity contribution in [2.45, 2.75) is 19.4 Å². The molecule has 0 radical (unpaired) electrons. The van der Waals surface area contributed by atoms with Crippen molar-refractivity contribution in [3.63, 3.8) is 0 Å². The van der Waals surface area contributed by atoms with Crippen LogP contribution in [-0.2, 0) is 11.3 Å². The molecule has 0 bridgehead atoms. The Morgan fingerprint density at radius 1 is 1.00 bits per heavy atom. The lowest BCUT2D eigenvalue weighted by molar-refractivity contribution is -0.118. The van der Waals surface area contributed by atoms with Gasteiger partial charge in [0.25, 0.3) is 0 Å². The van der Waals surface area contributed by atoms with Crippen LogP contribution in [0.25, 0.3) is 0 Å². The first-order valence-electron chi connectivity index (χ1n) is 7.35. The van der Waals surface area contributed by atoms with E-state index in [0.29, 0.717) is 13.0 Å². The molecule has 0 fully saturated rings. The topological polar surface area (TPSA) is 32.3 Å². The number of benzene rings is 2. The second-order valence-electron chi connectivity index (χ2n) is 5.01. The minimum Gasteiger partial charge on any atom is -0.320 e. The van der Waals surface area contributed by atoms with Crippen LogP contribution in [0.4, 0.5) is 5.69 Å². The first-order valence-corrected chi connectivity index (χ1v) is 7.35. The van der Waals surface area contributed by atoms with E-state index >= 15 is 0 Å². The third kappa shape index (κ3) is 4.72. The number of carbonyl (C=O) groups is 1. The summed E-state index contributed by atoms with van der Waals surface area (Å²) in [6.45, 7) is 1.48. The smallest absolute Gasteiger partial charge is 0.227 e. The maximum atomic E-state index is 12.5. The standard InChI is InChI=1S/C18H22N2O/c1-19-14-8-13-18(21)20(17-11-6-3-7-12-17)15-16-9-4-2-5-10-16/h2-7,9-12,19H,8,13-15H2,1H3. The lowest BCUT2D eigenvalue weighted by Gasteiger charge is -2.23. The van der Waals surface area contributed by atoms with Crippen molar-refractivity contribution in [2.24, 2.45) is 0 Å². The van der Waals surface area contributed by atoms with Crippen LogP contribution in [0.1, 0.15) is 18.4 Å². The van der Waals surface area contributed by atoms with Crippen molar-refractivity contribution in [2.75, 3.05) is 18.5 Å². The number of hydrogen-bond acceptors (Lipinski definition) is 2. The van der Waals surface area contributed by atoms with Crippen molar-refractivity contribution in [3.8, 4) is 0 Å². The van der Waals surface area contributed by atoms with Gasteiger partial charge in [0.2, 0.25) is 5.91 Å². The van der Waals surface area contributed by atoms with Crippen molar-refractivity contribution in [3.05, 3.63) is 66.2 Å². The number of amides is 1. The Bertz CT molecular complexity index is 540. The highest BCUT2D eigenvalue weighted by atomic mass is 16.2. The van der Waals surface area contributed by atoms with Gasteiger partial charge in [0, 0.05) is 12.1 Å². The molecule has 3 heteroatoms. The van der Waals surface area contributed by atoms with Crippen LogP contribution in [0, 0.1) is 0 Å². The second-order valence-corrected chi connectivity index (χ2v) is 5.01. The number of rotatable bonds is 7. The second kappa shape index (κ2) is 8.22. The predicted octanol–water partition coefficient (Wildman–Crippen LogP) is 3.22. The quantitative estimate of drug-likeness (QED) is 0.791. The third-order valence-electron chi connectivity index (χ3n) is 3.37. The number of hydrogen-bond donors (Lipinski definition) is 1. The summed E-state index contributed by atoms with van der Waals surface area (Å²) in [6.07, 6.45) is 1.41. The normalized spacial score (nSPS) is 10.3. The van der Waals surface area contributed by atoms with Crippen molar-refractivity contribution >= 4 is 11.6 Å². The molecule has 0 aliphatic rings. The summed E-state index contributed by atoms with van der Waals surface area (Å²) in [5.41, 5.74) is 2.10. The van der Waals surface area contributed by atoms with Gasteiger partial charge in [-0.2, -0.15) is 0 Å². The molecule has 0 aliphatic carbocycles. The maximum absolute atomic E-state index is 12.5. The zero-order valence-corrected chi connectivity index (χ0v) is 12.5. The fourth-order valence-electron chi connectivity index (χ4n) is 2.25. The minimum atomic E-state index is 0.167. The lowest BCUT2D eigenvalue weighted by Crippen LogP contribution is -2.30. The number of nitrogens with zero attached hydrogens (tertiary/aromatic N) is 1. The fourth-order valence-corrected chi connectivity index (χ4v) is 2.25. The van der Waals surface area contributed by atoms with Gasteiger partial charge in [-0.1, -0.05) is 48.5 Å². The van der Waals surface area contributed by atoms with Crippen molar-refractivity contribution in [1.29, 1.82) is 0 Å². The Kier molecular flexibility index (Phi) is 5.98. The Morgan fingerprint density at radius 3 is 2.24 bits per heavy atom. The maximum Gasteiger partial charge on any atom is 0.227 e. The lowest BCUT2D eigenvalue weighted by atomic mass is 10.1. The number of nitrogens with one attached hydrogen (secondary N) is 1. The van der Waals surface area contributed by atoms with E-state index in [1.54, 1.807) is 0 Å². The molecule has 1 N–H and O–H groups in total. The van der Waals surface area contributed by atoms with Crippen LogP contribution in [-0.4, -0.2) is 19.5 Å². The molecular weight excluding hydrogens is 260 g/mol. The van der Waals surface area contributed by atoms with Crippen LogP contribution in [0.15, 0.2) is 60.7 Å². The average molecular weight is 282 g/mol. The molecule has 21 heavy (non-hydrogen) atoms. The van der Waals surface area contributed by atoms with Gasteiger partial charge in [0.1, 0.15) is 0 Å². The summed E-state index contributed by atoms with van der Waals surface area (Å²) in [5.74, 6) is 0.167. The highest BCUT2D eigenvalue weighted by Crippen LogP contribution is 2.18. The van der Waals surface area contributed by atoms with Gasteiger partial charge < -0.3 is 10.2 Å². The van der Waals surface area contributed by atoms with E-state index in [1.165, 1.54) is 0 Å². The van der Waals surface area contributed by atoms with Crippen LogP contribution in [0.3, 0.4) is 0 Å². The van der Waals surface area contributed by atoms with Crippen molar-refractivity contribution < 1.29 is 4.79 Å². The van der Waals surface area contributed by atoms with Gasteiger partial charge in [-0.15, -0.1) is 0 Å². The average Bonchev–Trinajstić information content (AvgIpc) is 2.54. The third-order valence-corrected chi connectivity index (χ3v) is 3.37. The van der Waals surface area contributed by atoms with E-state index in [-0.39, 0.29) is 5.91 Å². The number of anilines is 1. The Morgan fingerprint density at radius 2 is 1.62 bits per heavy atom. The Labute approximate surface area is 126 Å². The molecule has 0 atom stereocenters. The molecule has 110 valence electrons. The highest BCUT2D eigenvalue weighted by Gasteiger charge is 2.15.